The number of alkyl halides is 2. The number of rotatable bonds is 3. The van der Waals surface area contributed by atoms with Crippen molar-refractivity contribution >= 4 is 37.2 Å². The van der Waals surface area contributed by atoms with Crippen molar-refractivity contribution in [3.8, 4) is 0 Å². The highest BCUT2D eigenvalue weighted by molar-refractivity contribution is 8.13. The lowest BCUT2D eigenvalue weighted by Crippen LogP contribution is -2.05. The van der Waals surface area contributed by atoms with Gasteiger partial charge in [0.1, 0.15) is 5.02 Å². The van der Waals surface area contributed by atoms with Crippen LogP contribution in [0, 0.1) is 10.1 Å². The zero-order chi connectivity index (χ0) is 13.4. The van der Waals surface area contributed by atoms with Crippen molar-refractivity contribution in [1.82, 2.24) is 4.98 Å². The number of aromatic nitrogens is 1. The Hall–Kier alpha value is -1.06. The minimum absolute atomic E-state index is 0.451. The number of halogens is 4. The highest BCUT2D eigenvalue weighted by atomic mass is 35.7. The van der Waals surface area contributed by atoms with E-state index in [1.807, 2.05) is 0 Å². The van der Waals surface area contributed by atoms with Crippen molar-refractivity contribution in [2.75, 3.05) is 0 Å². The van der Waals surface area contributed by atoms with E-state index in [9.17, 15) is 27.3 Å². The first-order chi connectivity index (χ1) is 7.64. The summed E-state index contributed by atoms with van der Waals surface area (Å²) in [5, 5.41) is 8.44. The second-order valence-corrected chi connectivity index (χ2v) is 5.57. The van der Waals surface area contributed by atoms with Crippen LogP contribution in [0.25, 0.3) is 0 Å². The molecule has 1 heterocycles. The average molecular weight is 307 g/mol. The standard InChI is InChI=1S/C6H2Cl2F2N2O4S/c7-3-1-2(4(9)10)6(17(8,15)16)11-5(3)12(13)14/h1,4H. The van der Waals surface area contributed by atoms with E-state index in [2.05, 4.69) is 4.98 Å². The Morgan fingerprint density at radius 1 is 1.47 bits per heavy atom. The van der Waals surface area contributed by atoms with Gasteiger partial charge >= 0.3 is 14.9 Å². The molecule has 0 fully saturated rings. The summed E-state index contributed by atoms with van der Waals surface area (Å²) in [7, 11) is 0.214. The van der Waals surface area contributed by atoms with Gasteiger partial charge in [-0.3, -0.25) is 0 Å². The van der Waals surface area contributed by atoms with Gasteiger partial charge in [0.2, 0.25) is 0 Å². The second kappa shape index (κ2) is 4.67. The molecule has 17 heavy (non-hydrogen) atoms. The molecule has 1 aromatic heterocycles. The van der Waals surface area contributed by atoms with E-state index in [4.69, 9.17) is 22.3 Å². The van der Waals surface area contributed by atoms with Crippen molar-refractivity contribution in [3.63, 3.8) is 0 Å². The molecule has 0 amide bonds. The van der Waals surface area contributed by atoms with Crippen LogP contribution in [0.5, 0.6) is 0 Å². The van der Waals surface area contributed by atoms with Crippen LogP contribution in [0.4, 0.5) is 14.6 Å². The zero-order valence-corrected chi connectivity index (χ0v) is 9.93. The Labute approximate surface area is 103 Å². The fourth-order valence-corrected chi connectivity index (χ4v) is 2.18. The van der Waals surface area contributed by atoms with Crippen molar-refractivity contribution in [2.24, 2.45) is 0 Å². The summed E-state index contributed by atoms with van der Waals surface area (Å²) in [5.41, 5.74) is -1.09. The Kier molecular flexibility index (Phi) is 3.84. The number of pyridine rings is 1. The maximum atomic E-state index is 12.5. The molecule has 0 saturated carbocycles. The summed E-state index contributed by atoms with van der Waals surface area (Å²) in [6, 6.07) is 0.451. The minimum atomic E-state index is -4.63. The monoisotopic (exact) mass is 306 g/mol. The average Bonchev–Trinajstić information content (AvgIpc) is 2.14. The molecule has 0 spiro atoms. The summed E-state index contributed by atoms with van der Waals surface area (Å²) >= 11 is 5.32. The first kappa shape index (κ1) is 14.0. The second-order valence-electron chi connectivity index (χ2n) is 2.68. The summed E-state index contributed by atoms with van der Waals surface area (Å²) < 4.78 is 46.9. The van der Waals surface area contributed by atoms with Crippen molar-refractivity contribution in [1.29, 1.82) is 0 Å². The Morgan fingerprint density at radius 2 is 2.00 bits per heavy atom. The molecule has 0 aromatic carbocycles. The molecule has 1 aromatic rings. The quantitative estimate of drug-likeness (QED) is 0.486. The molecule has 0 aliphatic carbocycles. The molecule has 6 nitrogen and oxygen atoms in total. The largest absolute Gasteiger partial charge is 0.383 e. The van der Waals surface area contributed by atoms with Gasteiger partial charge in [0.05, 0.1) is 5.56 Å². The summed E-state index contributed by atoms with van der Waals surface area (Å²) in [6.45, 7) is 0. The van der Waals surface area contributed by atoms with Gasteiger partial charge in [0.25, 0.3) is 11.5 Å². The van der Waals surface area contributed by atoms with Crippen LogP contribution in [0.2, 0.25) is 5.02 Å². The fourth-order valence-electron chi connectivity index (χ4n) is 0.957. The number of nitrogens with zero attached hydrogens (tertiary/aromatic N) is 2. The molecule has 0 saturated heterocycles. The third-order valence-electron chi connectivity index (χ3n) is 1.59. The van der Waals surface area contributed by atoms with E-state index in [1.54, 1.807) is 0 Å². The highest BCUT2D eigenvalue weighted by Crippen LogP contribution is 2.33. The number of hydrogen-bond acceptors (Lipinski definition) is 5. The molecule has 94 valence electrons. The summed E-state index contributed by atoms with van der Waals surface area (Å²) in [6.07, 6.45) is -3.23. The molecule has 1 rings (SSSR count). The van der Waals surface area contributed by atoms with Gasteiger partial charge < -0.3 is 10.1 Å². The van der Waals surface area contributed by atoms with Gasteiger partial charge in [0.15, 0.2) is 0 Å². The van der Waals surface area contributed by atoms with Crippen LogP contribution in [0.15, 0.2) is 11.1 Å². The molecular formula is C6H2Cl2F2N2O4S. The smallest absolute Gasteiger partial charge is 0.358 e. The van der Waals surface area contributed by atoms with Crippen LogP contribution < -0.4 is 0 Å². The lowest BCUT2D eigenvalue weighted by molar-refractivity contribution is -0.389. The fraction of sp³-hybridized carbons (Fsp3) is 0.167. The topological polar surface area (TPSA) is 90.2 Å². The molecule has 11 heteroatoms. The molecule has 0 N–H and O–H groups in total. The minimum Gasteiger partial charge on any atom is -0.358 e. The predicted octanol–water partition coefficient (Wildman–Crippen LogP) is 2.51. The Morgan fingerprint density at radius 3 is 2.35 bits per heavy atom. The van der Waals surface area contributed by atoms with E-state index in [-0.39, 0.29) is 0 Å². The number of hydrogen-bond donors (Lipinski definition) is 0. The van der Waals surface area contributed by atoms with Gasteiger partial charge in [0, 0.05) is 10.7 Å². The van der Waals surface area contributed by atoms with Gasteiger partial charge in [-0.1, -0.05) is 11.6 Å². The molecule has 0 bridgehead atoms. The lowest BCUT2D eigenvalue weighted by Gasteiger charge is -2.03. The van der Waals surface area contributed by atoms with E-state index >= 15 is 0 Å². The van der Waals surface area contributed by atoms with Gasteiger partial charge in [-0.25, -0.2) is 17.2 Å². The Balaban J connectivity index is 3.66. The van der Waals surface area contributed by atoms with E-state index < -0.39 is 41.8 Å². The van der Waals surface area contributed by atoms with Crippen LogP contribution >= 0.6 is 22.3 Å². The molecule has 0 aliphatic rings. The van der Waals surface area contributed by atoms with Gasteiger partial charge in [-0.05, 0) is 16.0 Å². The number of nitro groups is 1. The Bertz CT molecular complexity index is 578. The predicted molar refractivity (Wildman–Crippen MR) is 53.9 cm³/mol. The molecular weight excluding hydrogens is 305 g/mol. The molecule has 0 unspecified atom stereocenters. The van der Waals surface area contributed by atoms with Crippen LogP contribution in [-0.2, 0) is 9.05 Å². The van der Waals surface area contributed by atoms with Crippen LogP contribution in [0.3, 0.4) is 0 Å². The lowest BCUT2D eigenvalue weighted by atomic mass is 10.3. The molecule has 0 radical (unpaired) electrons. The van der Waals surface area contributed by atoms with Crippen molar-refractivity contribution < 1.29 is 22.1 Å². The maximum absolute atomic E-state index is 12.5. The SMILES string of the molecule is O=[N+]([O-])c1nc(S(=O)(=O)Cl)c(C(F)F)cc1Cl. The highest BCUT2D eigenvalue weighted by Gasteiger charge is 2.32. The maximum Gasteiger partial charge on any atom is 0.383 e. The molecule has 0 atom stereocenters. The van der Waals surface area contributed by atoms with Gasteiger partial charge in [-0.2, -0.15) is 0 Å². The third-order valence-corrected chi connectivity index (χ3v) is 3.09. The van der Waals surface area contributed by atoms with Crippen molar-refractivity contribution in [2.45, 2.75) is 11.5 Å². The van der Waals surface area contributed by atoms with E-state index in [0.717, 1.165) is 0 Å². The first-order valence-electron chi connectivity index (χ1n) is 3.72. The van der Waals surface area contributed by atoms with Crippen LogP contribution in [0.1, 0.15) is 12.0 Å². The molecule has 0 aliphatic heterocycles. The van der Waals surface area contributed by atoms with E-state index in [0.29, 0.717) is 6.07 Å². The first-order valence-corrected chi connectivity index (χ1v) is 6.41. The van der Waals surface area contributed by atoms with Crippen LogP contribution in [-0.4, -0.2) is 18.3 Å². The summed E-state index contributed by atoms with van der Waals surface area (Å²) in [5.74, 6) is -1.06. The van der Waals surface area contributed by atoms with E-state index in [1.165, 1.54) is 0 Å². The normalized spacial score (nSPS) is 11.8. The van der Waals surface area contributed by atoms with Gasteiger partial charge in [-0.15, -0.1) is 0 Å². The van der Waals surface area contributed by atoms with Crippen molar-refractivity contribution in [3.05, 3.63) is 26.8 Å². The zero-order valence-electron chi connectivity index (χ0n) is 7.60. The summed E-state index contributed by atoms with van der Waals surface area (Å²) in [4.78, 5) is 12.2. The third kappa shape index (κ3) is 2.99.